The second-order valence-corrected chi connectivity index (χ2v) is 6.66. The van der Waals surface area contributed by atoms with Crippen LogP contribution in [0.25, 0.3) is 5.69 Å². The van der Waals surface area contributed by atoms with Gasteiger partial charge < -0.3 is 5.32 Å². The number of anilines is 1. The molecule has 0 aliphatic rings. The topological polar surface area (TPSA) is 63.4 Å². The van der Waals surface area contributed by atoms with Crippen molar-refractivity contribution in [1.29, 1.82) is 0 Å². The highest BCUT2D eigenvalue weighted by Crippen LogP contribution is 2.13. The lowest BCUT2D eigenvalue weighted by Gasteiger charge is -2.07. The molecule has 2 N–H and O–H groups in total. The van der Waals surface area contributed by atoms with Gasteiger partial charge in [0, 0.05) is 12.1 Å². The summed E-state index contributed by atoms with van der Waals surface area (Å²) in [4.78, 5) is 12.8. The molecule has 1 heterocycles. The summed E-state index contributed by atoms with van der Waals surface area (Å²) in [7, 11) is 1.82. The van der Waals surface area contributed by atoms with Crippen LogP contribution >= 0.6 is 23.8 Å². The molecule has 0 unspecified atom stereocenters. The Balaban J connectivity index is 1.75. The molecule has 0 saturated carbocycles. The maximum absolute atomic E-state index is 12.8. The Hall–Kier alpha value is -2.90. The van der Waals surface area contributed by atoms with E-state index in [9.17, 15) is 4.79 Å². The lowest BCUT2D eigenvalue weighted by Crippen LogP contribution is -2.28. The number of aromatic nitrogens is 2. The molecule has 0 atom stereocenters. The Morgan fingerprint density at radius 2 is 1.81 bits per heavy atom. The van der Waals surface area contributed by atoms with Crippen LogP contribution in [0.2, 0.25) is 5.02 Å². The zero-order chi connectivity index (χ0) is 19.4. The first-order chi connectivity index (χ1) is 13.0. The molecule has 3 rings (SSSR count). The van der Waals surface area contributed by atoms with Crippen molar-refractivity contribution in [1.82, 2.24) is 14.8 Å². The summed E-state index contributed by atoms with van der Waals surface area (Å²) in [5, 5.41) is 7.90. The van der Waals surface area contributed by atoms with E-state index >= 15 is 0 Å². The second-order valence-electron chi connectivity index (χ2n) is 5.81. The van der Waals surface area contributed by atoms with Gasteiger partial charge in [0.25, 0.3) is 5.56 Å². The molecule has 27 heavy (non-hydrogen) atoms. The van der Waals surface area contributed by atoms with Crippen LogP contribution in [-0.2, 0) is 7.05 Å². The molecule has 0 amide bonds. The largest absolute Gasteiger partial charge is 0.325 e. The molecular formula is C19H18ClN5OS. The SMILES string of the molecule is Cc1c(NC(=S)N/N=C/c2ccc(Cl)cc2)c(=O)n(-c2ccccc2)n1C. The third kappa shape index (κ3) is 4.27. The van der Waals surface area contributed by atoms with Crippen molar-refractivity contribution in [3.8, 4) is 5.69 Å². The number of nitrogens with one attached hydrogen (secondary N) is 2. The van der Waals surface area contributed by atoms with Gasteiger partial charge in [-0.1, -0.05) is 41.9 Å². The Morgan fingerprint density at radius 3 is 2.48 bits per heavy atom. The lowest BCUT2D eigenvalue weighted by atomic mass is 10.2. The molecule has 6 nitrogen and oxygen atoms in total. The molecule has 0 bridgehead atoms. The summed E-state index contributed by atoms with van der Waals surface area (Å²) in [6, 6.07) is 16.6. The molecule has 3 aromatic rings. The molecule has 0 aliphatic carbocycles. The van der Waals surface area contributed by atoms with Crippen molar-refractivity contribution in [2.24, 2.45) is 12.1 Å². The number of hydrogen-bond donors (Lipinski definition) is 2. The number of benzene rings is 2. The van der Waals surface area contributed by atoms with E-state index in [1.807, 2.05) is 56.4 Å². The Bertz CT molecular complexity index is 1040. The van der Waals surface area contributed by atoms with Crippen molar-refractivity contribution in [3.63, 3.8) is 0 Å². The van der Waals surface area contributed by atoms with Gasteiger partial charge in [0.2, 0.25) is 0 Å². The average Bonchev–Trinajstić information content (AvgIpc) is 2.87. The lowest BCUT2D eigenvalue weighted by molar-refractivity contribution is 0.630. The van der Waals surface area contributed by atoms with Crippen molar-refractivity contribution in [2.45, 2.75) is 6.92 Å². The number of halogens is 1. The minimum atomic E-state index is -0.188. The van der Waals surface area contributed by atoms with Gasteiger partial charge in [-0.25, -0.2) is 4.68 Å². The Labute approximate surface area is 167 Å². The second kappa shape index (κ2) is 8.20. The first-order valence-corrected chi connectivity index (χ1v) is 8.95. The highest BCUT2D eigenvalue weighted by Gasteiger charge is 2.16. The number of para-hydroxylation sites is 1. The highest BCUT2D eigenvalue weighted by atomic mass is 35.5. The third-order valence-electron chi connectivity index (χ3n) is 4.04. The van der Waals surface area contributed by atoms with Crippen LogP contribution in [0.3, 0.4) is 0 Å². The van der Waals surface area contributed by atoms with Crippen LogP contribution in [0.4, 0.5) is 5.69 Å². The fraction of sp³-hybridized carbons (Fsp3) is 0.105. The highest BCUT2D eigenvalue weighted by molar-refractivity contribution is 7.80. The summed E-state index contributed by atoms with van der Waals surface area (Å²) < 4.78 is 3.36. The van der Waals surface area contributed by atoms with E-state index in [0.717, 1.165) is 16.9 Å². The van der Waals surface area contributed by atoms with E-state index in [0.29, 0.717) is 10.7 Å². The normalized spacial score (nSPS) is 10.9. The Morgan fingerprint density at radius 1 is 1.15 bits per heavy atom. The maximum Gasteiger partial charge on any atom is 0.295 e. The molecule has 0 fully saturated rings. The number of thiocarbonyl (C=S) groups is 1. The fourth-order valence-electron chi connectivity index (χ4n) is 2.57. The van der Waals surface area contributed by atoms with Crippen molar-refractivity contribution >= 4 is 40.8 Å². The van der Waals surface area contributed by atoms with Gasteiger partial charge in [-0.3, -0.25) is 14.9 Å². The van der Waals surface area contributed by atoms with E-state index in [-0.39, 0.29) is 10.7 Å². The standard InChI is InChI=1S/C19H18ClN5OS/c1-13-17(18(26)25(24(13)2)16-6-4-3-5-7-16)22-19(27)23-21-12-14-8-10-15(20)11-9-14/h3-12H,1-2H3,(H2,22,23,27)/b21-12+. The fourth-order valence-corrected chi connectivity index (χ4v) is 2.85. The van der Waals surface area contributed by atoms with Gasteiger partial charge in [-0.15, -0.1) is 0 Å². The number of hydrogen-bond acceptors (Lipinski definition) is 3. The van der Waals surface area contributed by atoms with Gasteiger partial charge in [0.15, 0.2) is 5.11 Å². The van der Waals surface area contributed by atoms with Crippen LogP contribution in [0.15, 0.2) is 64.5 Å². The molecule has 2 aromatic carbocycles. The molecule has 138 valence electrons. The summed E-state index contributed by atoms with van der Waals surface area (Å²) in [5.41, 5.74) is 5.34. The molecule has 0 spiro atoms. The van der Waals surface area contributed by atoms with Crippen LogP contribution in [0, 0.1) is 6.92 Å². The van der Waals surface area contributed by atoms with E-state index in [2.05, 4.69) is 15.8 Å². The summed E-state index contributed by atoms with van der Waals surface area (Å²) in [6.45, 7) is 1.85. The van der Waals surface area contributed by atoms with Crippen LogP contribution in [0.5, 0.6) is 0 Å². The zero-order valence-electron chi connectivity index (χ0n) is 14.8. The first kappa shape index (κ1) is 18.9. The van der Waals surface area contributed by atoms with Gasteiger partial charge in [0.1, 0.15) is 5.69 Å². The van der Waals surface area contributed by atoms with Gasteiger partial charge in [-0.05, 0) is 49.0 Å². The predicted molar refractivity (Wildman–Crippen MR) is 114 cm³/mol. The monoisotopic (exact) mass is 399 g/mol. The molecule has 1 aromatic heterocycles. The minimum absolute atomic E-state index is 0.188. The van der Waals surface area contributed by atoms with E-state index < -0.39 is 0 Å². The van der Waals surface area contributed by atoms with E-state index in [1.54, 1.807) is 27.7 Å². The zero-order valence-corrected chi connectivity index (χ0v) is 16.4. The summed E-state index contributed by atoms with van der Waals surface area (Å²) in [5.74, 6) is 0. The summed E-state index contributed by atoms with van der Waals surface area (Å²) >= 11 is 11.1. The van der Waals surface area contributed by atoms with Crippen molar-refractivity contribution in [2.75, 3.05) is 5.32 Å². The maximum atomic E-state index is 12.8. The number of rotatable bonds is 4. The summed E-state index contributed by atoms with van der Waals surface area (Å²) in [6.07, 6.45) is 1.62. The predicted octanol–water partition coefficient (Wildman–Crippen LogP) is 3.46. The van der Waals surface area contributed by atoms with Gasteiger partial charge >= 0.3 is 0 Å². The van der Waals surface area contributed by atoms with E-state index in [1.165, 1.54) is 0 Å². The van der Waals surface area contributed by atoms with Crippen LogP contribution in [0.1, 0.15) is 11.3 Å². The molecule has 0 saturated heterocycles. The van der Waals surface area contributed by atoms with Crippen molar-refractivity contribution in [3.05, 3.63) is 81.2 Å². The van der Waals surface area contributed by atoms with Gasteiger partial charge in [0.05, 0.1) is 17.6 Å². The van der Waals surface area contributed by atoms with Crippen molar-refractivity contribution < 1.29 is 0 Å². The third-order valence-corrected chi connectivity index (χ3v) is 4.49. The first-order valence-electron chi connectivity index (χ1n) is 8.17. The average molecular weight is 400 g/mol. The number of nitrogens with zero attached hydrogens (tertiary/aromatic N) is 3. The van der Waals surface area contributed by atoms with Crippen LogP contribution in [-0.4, -0.2) is 20.7 Å². The molecule has 0 radical (unpaired) electrons. The van der Waals surface area contributed by atoms with E-state index in [4.69, 9.17) is 23.8 Å². The molecular weight excluding hydrogens is 382 g/mol. The van der Waals surface area contributed by atoms with Crippen LogP contribution < -0.4 is 16.3 Å². The molecule has 0 aliphatic heterocycles. The quantitative estimate of drug-likeness (QED) is 0.400. The Kier molecular flexibility index (Phi) is 5.73. The minimum Gasteiger partial charge on any atom is -0.325 e. The molecule has 8 heteroatoms. The number of hydrazone groups is 1. The smallest absolute Gasteiger partial charge is 0.295 e. The van der Waals surface area contributed by atoms with Gasteiger partial charge in [-0.2, -0.15) is 5.10 Å².